The number of rotatable bonds is 0. The second kappa shape index (κ2) is 4.16. The molecule has 1 N–H and O–H groups in total. The van der Waals surface area contributed by atoms with Crippen molar-refractivity contribution in [3.05, 3.63) is 14.5 Å². The minimum atomic E-state index is 0.180. The minimum absolute atomic E-state index is 0.180. The van der Waals surface area contributed by atoms with Crippen LogP contribution in [0.4, 0.5) is 0 Å². The summed E-state index contributed by atoms with van der Waals surface area (Å²) in [6.45, 7) is 0. The lowest BCUT2D eigenvalue weighted by Gasteiger charge is -2.51. The smallest absolute Gasteiger partial charge is 0.305 e. The van der Waals surface area contributed by atoms with Crippen molar-refractivity contribution in [3.8, 4) is 0 Å². The van der Waals surface area contributed by atoms with Gasteiger partial charge in [-0.3, -0.25) is 4.79 Å². The first-order chi connectivity index (χ1) is 9.78. The molecular weight excluding hydrogens is 286 g/mol. The Morgan fingerprint density at radius 3 is 2.75 bits per heavy atom. The molecule has 4 aliphatic rings. The number of fused-ring (bicyclic) bond motifs is 8. The highest BCUT2D eigenvalue weighted by molar-refractivity contribution is 8.00. The van der Waals surface area contributed by atoms with Crippen LogP contribution < -0.4 is 4.87 Å². The highest BCUT2D eigenvalue weighted by atomic mass is 32.2. The highest BCUT2D eigenvalue weighted by Crippen LogP contribution is 2.67. The molecule has 1 aromatic heterocycles. The molecule has 1 spiro atoms. The molecule has 0 unspecified atom stereocenters. The molecule has 0 amide bonds. The minimum Gasteiger partial charge on any atom is -0.307 e. The van der Waals surface area contributed by atoms with Crippen molar-refractivity contribution < 1.29 is 0 Å². The van der Waals surface area contributed by atoms with Crippen LogP contribution in [0.2, 0.25) is 0 Å². The molecule has 4 heteroatoms. The number of H-pyrrole nitrogens is 1. The third-order valence-corrected chi connectivity index (χ3v) is 9.27. The van der Waals surface area contributed by atoms with Gasteiger partial charge < -0.3 is 4.98 Å². The fourth-order valence-corrected chi connectivity index (χ4v) is 9.09. The lowest BCUT2D eigenvalue weighted by molar-refractivity contribution is 0.135. The Morgan fingerprint density at radius 2 is 1.90 bits per heavy atom. The molecule has 3 fully saturated rings. The van der Waals surface area contributed by atoms with Gasteiger partial charge in [-0.1, -0.05) is 30.6 Å². The van der Waals surface area contributed by atoms with E-state index in [1.54, 1.807) is 0 Å². The van der Waals surface area contributed by atoms with Crippen LogP contribution in [0.25, 0.3) is 0 Å². The molecule has 4 atom stereocenters. The highest BCUT2D eigenvalue weighted by Gasteiger charge is 2.60. The van der Waals surface area contributed by atoms with Crippen molar-refractivity contribution in [2.45, 2.75) is 67.1 Å². The zero-order valence-corrected chi connectivity index (χ0v) is 13.3. The zero-order chi connectivity index (χ0) is 13.3. The predicted molar refractivity (Wildman–Crippen MR) is 83.7 cm³/mol. The van der Waals surface area contributed by atoms with E-state index in [-0.39, 0.29) is 4.87 Å². The zero-order valence-electron chi connectivity index (χ0n) is 11.7. The third kappa shape index (κ3) is 1.45. The van der Waals surface area contributed by atoms with Gasteiger partial charge in [-0.15, -0.1) is 11.8 Å². The SMILES string of the molecule is O=c1[nH]c2c(s1)C1(CCCCC1)[C@@H]1[C@@H]3CC[C@H](C3)[C@@H]1S2. The molecule has 1 aromatic rings. The maximum atomic E-state index is 11.9. The Balaban J connectivity index is 1.70. The van der Waals surface area contributed by atoms with Crippen LogP contribution in [-0.2, 0) is 5.41 Å². The van der Waals surface area contributed by atoms with E-state index in [0.29, 0.717) is 5.41 Å². The van der Waals surface area contributed by atoms with Crippen molar-refractivity contribution >= 4 is 23.1 Å². The van der Waals surface area contributed by atoms with Crippen LogP contribution in [0.3, 0.4) is 0 Å². The summed E-state index contributed by atoms with van der Waals surface area (Å²) in [5, 5.41) is 2.07. The summed E-state index contributed by atoms with van der Waals surface area (Å²) in [5.41, 5.74) is 0.382. The maximum Gasteiger partial charge on any atom is 0.305 e. The molecule has 1 aliphatic heterocycles. The lowest BCUT2D eigenvalue weighted by atomic mass is 9.60. The quantitative estimate of drug-likeness (QED) is 0.780. The van der Waals surface area contributed by atoms with Gasteiger partial charge in [0.25, 0.3) is 0 Å². The number of hydrogen-bond acceptors (Lipinski definition) is 3. The summed E-state index contributed by atoms with van der Waals surface area (Å²) in [6, 6.07) is 0. The predicted octanol–water partition coefficient (Wildman–Crippen LogP) is 4.16. The van der Waals surface area contributed by atoms with Crippen molar-refractivity contribution in [1.82, 2.24) is 4.98 Å². The molecule has 2 nitrogen and oxygen atoms in total. The van der Waals surface area contributed by atoms with Gasteiger partial charge in [0, 0.05) is 15.5 Å². The molecule has 0 radical (unpaired) electrons. The Hall–Kier alpha value is -0.220. The first-order valence-electron chi connectivity index (χ1n) is 8.18. The second-order valence-electron chi connectivity index (χ2n) is 7.33. The van der Waals surface area contributed by atoms with E-state index in [2.05, 4.69) is 4.98 Å². The van der Waals surface area contributed by atoms with E-state index < -0.39 is 0 Å². The summed E-state index contributed by atoms with van der Waals surface area (Å²) in [7, 11) is 0. The molecule has 3 aliphatic carbocycles. The summed E-state index contributed by atoms with van der Waals surface area (Å²) in [4.78, 5) is 16.7. The average molecular weight is 307 g/mol. The Kier molecular flexibility index (Phi) is 2.57. The summed E-state index contributed by atoms with van der Waals surface area (Å²) in [5.74, 6) is 2.77. The molecule has 3 saturated carbocycles. The number of aromatic amines is 1. The number of nitrogens with one attached hydrogen (secondary N) is 1. The molecule has 0 aromatic carbocycles. The van der Waals surface area contributed by atoms with E-state index in [1.807, 2.05) is 11.8 Å². The second-order valence-corrected chi connectivity index (χ2v) is 9.50. The first-order valence-corrected chi connectivity index (χ1v) is 9.88. The Morgan fingerprint density at radius 1 is 1.10 bits per heavy atom. The van der Waals surface area contributed by atoms with Gasteiger partial charge in [-0.25, -0.2) is 0 Å². The van der Waals surface area contributed by atoms with Gasteiger partial charge in [-0.2, -0.15) is 0 Å². The van der Waals surface area contributed by atoms with E-state index in [9.17, 15) is 4.79 Å². The van der Waals surface area contributed by atoms with Gasteiger partial charge >= 0.3 is 4.87 Å². The largest absolute Gasteiger partial charge is 0.307 e. The van der Waals surface area contributed by atoms with Gasteiger partial charge in [-0.05, 0) is 49.9 Å². The monoisotopic (exact) mass is 307 g/mol. The summed E-state index contributed by atoms with van der Waals surface area (Å²) in [6.07, 6.45) is 11.2. The summed E-state index contributed by atoms with van der Waals surface area (Å²) >= 11 is 3.57. The average Bonchev–Trinajstić information content (AvgIpc) is 3.14. The van der Waals surface area contributed by atoms with Crippen molar-refractivity contribution in [3.63, 3.8) is 0 Å². The third-order valence-electron chi connectivity index (χ3n) is 6.55. The first kappa shape index (κ1) is 12.3. The molecule has 108 valence electrons. The standard InChI is InChI=1S/C16H21NOS2/c18-15-17-14-13(20-15)16(6-2-1-3-7-16)11-9-4-5-10(8-9)12(11)19-14/h9-12H,1-8H2,(H,17,18)/t9-,10-,11-,12+/m1/s1. The van der Waals surface area contributed by atoms with Gasteiger partial charge in [0.2, 0.25) is 0 Å². The van der Waals surface area contributed by atoms with Crippen molar-refractivity contribution in [2.75, 3.05) is 0 Å². The van der Waals surface area contributed by atoms with Gasteiger partial charge in [0.05, 0.1) is 5.03 Å². The molecule has 2 bridgehead atoms. The van der Waals surface area contributed by atoms with Crippen LogP contribution in [-0.4, -0.2) is 10.2 Å². The van der Waals surface area contributed by atoms with E-state index >= 15 is 0 Å². The summed E-state index contributed by atoms with van der Waals surface area (Å²) < 4.78 is 0. The van der Waals surface area contributed by atoms with Crippen molar-refractivity contribution in [1.29, 1.82) is 0 Å². The van der Waals surface area contributed by atoms with E-state index in [1.165, 1.54) is 72.6 Å². The topological polar surface area (TPSA) is 32.9 Å². The van der Waals surface area contributed by atoms with Crippen LogP contribution in [0, 0.1) is 17.8 Å². The van der Waals surface area contributed by atoms with Crippen molar-refractivity contribution in [2.24, 2.45) is 17.8 Å². The number of aromatic nitrogens is 1. The number of thioether (sulfide) groups is 1. The number of hydrogen-bond donors (Lipinski definition) is 1. The van der Waals surface area contributed by atoms with Crippen LogP contribution in [0.1, 0.15) is 56.2 Å². The van der Waals surface area contributed by atoms with Crippen LogP contribution >= 0.6 is 23.1 Å². The molecule has 0 saturated heterocycles. The van der Waals surface area contributed by atoms with E-state index in [0.717, 1.165) is 23.0 Å². The molecule has 2 heterocycles. The fourth-order valence-electron chi connectivity index (χ4n) is 5.93. The lowest BCUT2D eigenvalue weighted by Crippen LogP contribution is -2.47. The molecule has 5 rings (SSSR count). The van der Waals surface area contributed by atoms with Gasteiger partial charge in [0.1, 0.15) is 0 Å². The Labute approximate surface area is 127 Å². The molecule has 20 heavy (non-hydrogen) atoms. The Bertz CT molecular complexity index is 598. The van der Waals surface area contributed by atoms with E-state index in [4.69, 9.17) is 0 Å². The van der Waals surface area contributed by atoms with Crippen LogP contribution in [0.5, 0.6) is 0 Å². The van der Waals surface area contributed by atoms with Crippen LogP contribution in [0.15, 0.2) is 9.82 Å². The van der Waals surface area contributed by atoms with Gasteiger partial charge in [0.15, 0.2) is 0 Å². The number of thiazole rings is 1. The fraction of sp³-hybridized carbons (Fsp3) is 0.812. The maximum absolute atomic E-state index is 11.9. The normalized spacial score (nSPS) is 40.8. The molecular formula is C16H21NOS2.